The minimum Gasteiger partial charge on any atom is -0.496 e. The predicted molar refractivity (Wildman–Crippen MR) is 150 cm³/mol. The summed E-state index contributed by atoms with van der Waals surface area (Å²) in [5.41, 5.74) is 1.61. The summed E-state index contributed by atoms with van der Waals surface area (Å²) in [4.78, 5) is 13.1. The Bertz CT molecular complexity index is 1520. The van der Waals surface area contributed by atoms with Crippen molar-refractivity contribution < 1.29 is 27.0 Å². The molecule has 3 heterocycles. The molecular formula is C28H28F2N6O4S. The zero-order chi connectivity index (χ0) is 28.8. The molecule has 1 aliphatic rings. The lowest BCUT2D eigenvalue weighted by Gasteiger charge is -2.26. The number of methoxy groups -OCH3 is 1. The van der Waals surface area contributed by atoms with E-state index in [1.165, 1.54) is 19.4 Å². The summed E-state index contributed by atoms with van der Waals surface area (Å²) in [6, 6.07) is 15.3. The number of rotatable bonds is 10. The van der Waals surface area contributed by atoms with Gasteiger partial charge in [-0.2, -0.15) is 0 Å². The van der Waals surface area contributed by atoms with E-state index in [1.807, 2.05) is 0 Å². The molecule has 2 aromatic heterocycles. The number of pyridine rings is 1. The second-order valence-electron chi connectivity index (χ2n) is 9.29. The Morgan fingerprint density at radius 3 is 2.68 bits per heavy atom. The van der Waals surface area contributed by atoms with Crippen LogP contribution in [0.5, 0.6) is 17.4 Å². The summed E-state index contributed by atoms with van der Waals surface area (Å²) in [6.45, 7) is 0.916. The molecule has 13 heteroatoms. The molecule has 2 unspecified atom stereocenters. The first-order valence-corrected chi connectivity index (χ1v) is 13.9. The minimum atomic E-state index is -2.44. The number of hydrogen-bond donors (Lipinski definition) is 4. The molecule has 1 fully saturated rings. The SMILES string of the molecule is COc1cc(Oc2ncccc2-c2ccnc(N[C@@H]3CNC[C@@H](F)C3)n2)cc(F)c1C(NS(=O)O)c1ccccc1. The molecule has 41 heavy (non-hydrogen) atoms. The zero-order valence-corrected chi connectivity index (χ0v) is 22.8. The number of nitrogens with zero attached hydrogens (tertiary/aromatic N) is 3. The maximum atomic E-state index is 15.7. The van der Waals surface area contributed by atoms with E-state index in [-0.39, 0.29) is 29.0 Å². The van der Waals surface area contributed by atoms with Gasteiger partial charge in [-0.05, 0) is 23.8 Å². The minimum absolute atomic E-state index is 0.0360. The molecule has 1 aliphatic heterocycles. The van der Waals surface area contributed by atoms with Crippen LogP contribution < -0.4 is 24.8 Å². The smallest absolute Gasteiger partial charge is 0.232 e. The first kappa shape index (κ1) is 28.5. The highest BCUT2D eigenvalue weighted by molar-refractivity contribution is 7.77. The van der Waals surface area contributed by atoms with Crippen LogP contribution >= 0.6 is 0 Å². The van der Waals surface area contributed by atoms with Crippen molar-refractivity contribution in [2.24, 2.45) is 0 Å². The first-order chi connectivity index (χ1) is 19.9. The summed E-state index contributed by atoms with van der Waals surface area (Å²) in [5, 5.41) is 6.19. The van der Waals surface area contributed by atoms with Gasteiger partial charge >= 0.3 is 0 Å². The Labute approximate surface area is 238 Å². The van der Waals surface area contributed by atoms with E-state index in [0.717, 1.165) is 6.07 Å². The quantitative estimate of drug-likeness (QED) is 0.201. The molecule has 5 rings (SSSR count). The molecule has 10 nitrogen and oxygen atoms in total. The van der Waals surface area contributed by atoms with Crippen molar-refractivity contribution >= 4 is 17.2 Å². The van der Waals surface area contributed by atoms with Crippen LogP contribution in [-0.4, -0.2) is 56.1 Å². The molecule has 0 aliphatic carbocycles. The highest BCUT2D eigenvalue weighted by atomic mass is 32.2. The number of piperidine rings is 1. The normalized spacial score (nSPS) is 18.3. The fraction of sp³-hybridized carbons (Fsp3) is 0.250. The van der Waals surface area contributed by atoms with Gasteiger partial charge in [-0.1, -0.05) is 30.3 Å². The molecule has 4 atom stereocenters. The van der Waals surface area contributed by atoms with Crippen molar-refractivity contribution in [2.45, 2.75) is 24.7 Å². The van der Waals surface area contributed by atoms with Crippen LogP contribution in [0, 0.1) is 5.82 Å². The summed E-state index contributed by atoms with van der Waals surface area (Å²) < 4.78 is 64.6. The second kappa shape index (κ2) is 13.1. The van der Waals surface area contributed by atoms with Crippen molar-refractivity contribution in [2.75, 3.05) is 25.5 Å². The third-order valence-electron chi connectivity index (χ3n) is 6.47. The van der Waals surface area contributed by atoms with Gasteiger partial charge in [0.1, 0.15) is 23.5 Å². The Morgan fingerprint density at radius 1 is 1.10 bits per heavy atom. The molecule has 214 valence electrons. The van der Waals surface area contributed by atoms with Gasteiger partial charge in [0.2, 0.25) is 23.1 Å². The Hall–Kier alpha value is -4.04. The fourth-order valence-corrected chi connectivity index (χ4v) is 5.11. The van der Waals surface area contributed by atoms with Crippen molar-refractivity contribution in [1.29, 1.82) is 0 Å². The standard InChI is InChI=1S/C28H28F2N6O4S/c1-39-24-14-20(13-22(30)25(24)26(36-41(37)38)17-6-3-2-4-7-17)40-27-21(8-5-10-32-27)23-9-11-33-28(35-23)34-19-12-18(29)15-31-16-19/h2-11,13-14,18-19,26,31,36H,12,15-16H2,1H3,(H,37,38)(H,33,34,35)/t18-,19-,26?/m0/s1. The topological polar surface area (TPSA) is 131 Å². The number of aromatic nitrogens is 3. The largest absolute Gasteiger partial charge is 0.496 e. The lowest BCUT2D eigenvalue weighted by molar-refractivity contribution is 0.254. The molecule has 1 saturated heterocycles. The van der Waals surface area contributed by atoms with Crippen LogP contribution in [0.15, 0.2) is 73.1 Å². The van der Waals surface area contributed by atoms with E-state index >= 15 is 4.39 Å². The third kappa shape index (κ3) is 7.00. The predicted octanol–water partition coefficient (Wildman–Crippen LogP) is 4.41. The molecule has 4 aromatic rings. The highest BCUT2D eigenvalue weighted by Gasteiger charge is 2.26. The number of nitrogens with one attached hydrogen (secondary N) is 3. The molecule has 0 bridgehead atoms. The van der Waals surface area contributed by atoms with Gasteiger partial charge < -0.3 is 20.1 Å². The van der Waals surface area contributed by atoms with Crippen molar-refractivity contribution in [1.82, 2.24) is 25.0 Å². The van der Waals surface area contributed by atoms with Crippen LogP contribution in [0.3, 0.4) is 0 Å². The summed E-state index contributed by atoms with van der Waals surface area (Å²) in [6.07, 6.45) is 2.50. The molecular weight excluding hydrogens is 554 g/mol. The number of anilines is 1. The van der Waals surface area contributed by atoms with Gasteiger partial charge in [-0.3, -0.25) is 4.55 Å². The van der Waals surface area contributed by atoms with E-state index in [9.17, 15) is 13.2 Å². The number of alkyl halides is 1. The van der Waals surface area contributed by atoms with Crippen LogP contribution in [0.2, 0.25) is 0 Å². The molecule has 0 amide bonds. The third-order valence-corrected chi connectivity index (χ3v) is 6.91. The van der Waals surface area contributed by atoms with Gasteiger partial charge in [0.25, 0.3) is 0 Å². The van der Waals surface area contributed by atoms with Gasteiger partial charge in [-0.15, -0.1) is 0 Å². The van der Waals surface area contributed by atoms with Gasteiger partial charge in [0, 0.05) is 50.1 Å². The van der Waals surface area contributed by atoms with Gasteiger partial charge in [0.05, 0.1) is 30.0 Å². The molecule has 0 saturated carbocycles. The highest BCUT2D eigenvalue weighted by Crippen LogP contribution is 2.38. The van der Waals surface area contributed by atoms with E-state index < -0.39 is 29.3 Å². The van der Waals surface area contributed by atoms with Gasteiger partial charge in [0.15, 0.2) is 0 Å². The average Bonchev–Trinajstić information content (AvgIpc) is 2.97. The zero-order valence-electron chi connectivity index (χ0n) is 22.0. The first-order valence-electron chi connectivity index (χ1n) is 12.8. The van der Waals surface area contributed by atoms with E-state index in [1.54, 1.807) is 54.7 Å². The summed E-state index contributed by atoms with van der Waals surface area (Å²) in [7, 11) is 1.37. The maximum absolute atomic E-state index is 15.7. The van der Waals surface area contributed by atoms with E-state index in [0.29, 0.717) is 42.3 Å². The number of benzene rings is 2. The van der Waals surface area contributed by atoms with E-state index in [2.05, 4.69) is 30.3 Å². The molecule has 0 spiro atoms. The van der Waals surface area contributed by atoms with Crippen molar-refractivity contribution in [3.05, 3.63) is 90.0 Å². The summed E-state index contributed by atoms with van der Waals surface area (Å²) in [5.74, 6) is -0.0381. The van der Waals surface area contributed by atoms with Crippen LogP contribution in [-0.2, 0) is 11.3 Å². The van der Waals surface area contributed by atoms with Crippen molar-refractivity contribution in [3.63, 3.8) is 0 Å². The number of hydrogen-bond acceptors (Lipinski definition) is 8. The molecule has 0 radical (unpaired) electrons. The number of halogens is 2. The maximum Gasteiger partial charge on any atom is 0.232 e. The lowest BCUT2D eigenvalue weighted by Crippen LogP contribution is -2.44. The lowest BCUT2D eigenvalue weighted by atomic mass is 9.98. The van der Waals surface area contributed by atoms with Crippen LogP contribution in [0.4, 0.5) is 14.7 Å². The van der Waals surface area contributed by atoms with Crippen LogP contribution in [0.1, 0.15) is 23.6 Å². The second-order valence-corrected chi connectivity index (χ2v) is 10.0. The Balaban J connectivity index is 1.44. The monoisotopic (exact) mass is 582 g/mol. The van der Waals surface area contributed by atoms with Crippen LogP contribution in [0.25, 0.3) is 11.3 Å². The van der Waals surface area contributed by atoms with Crippen molar-refractivity contribution in [3.8, 4) is 28.6 Å². The Kier molecular flexibility index (Phi) is 9.09. The molecule has 2 aromatic carbocycles. The average molecular weight is 583 g/mol. The Morgan fingerprint density at radius 2 is 1.93 bits per heavy atom. The fourth-order valence-electron chi connectivity index (χ4n) is 4.66. The van der Waals surface area contributed by atoms with Gasteiger partial charge in [-0.25, -0.2) is 32.7 Å². The number of ether oxygens (including phenoxy) is 2. The van der Waals surface area contributed by atoms with E-state index in [4.69, 9.17) is 9.47 Å². The molecule has 4 N–H and O–H groups in total. The summed E-state index contributed by atoms with van der Waals surface area (Å²) >= 11 is -2.44.